The molecular formula is C9H18NO9S-3. The molecular weight excluding hydrogens is 298 g/mol. The minimum atomic E-state index is -5.09. The molecule has 0 aromatic heterocycles. The summed E-state index contributed by atoms with van der Waals surface area (Å²) in [6, 6.07) is -0.845. The fraction of sp³-hybridized carbons (Fsp3) is 1.00. The Kier molecular flexibility index (Phi) is 6.56. The Balaban J connectivity index is 2.62. The Morgan fingerprint density at radius 3 is 2.30 bits per heavy atom. The van der Waals surface area contributed by atoms with E-state index in [2.05, 4.69) is 4.18 Å². The Hall–Kier alpha value is -0.0500. The van der Waals surface area contributed by atoms with Crippen molar-refractivity contribution < 1.29 is 43.4 Å². The summed E-state index contributed by atoms with van der Waals surface area (Å²) in [5.74, 6) is 0. The molecule has 122 valence electrons. The molecule has 0 saturated carbocycles. The number of hydrogen-bond acceptors (Lipinski definition) is 10. The van der Waals surface area contributed by atoms with E-state index in [0.717, 1.165) is 0 Å². The maximum Gasteiger partial charge on any atom is 0.116 e. The molecule has 1 heterocycles. The molecule has 0 unspecified atom stereocenters. The minimum Gasteiger partial charge on any atom is -0.815 e. The third-order valence-electron chi connectivity index (χ3n) is 3.14. The second-order valence-electron chi connectivity index (χ2n) is 4.55. The maximum absolute atomic E-state index is 10.4. The second-order valence-corrected chi connectivity index (χ2v) is 5.56. The van der Waals surface area contributed by atoms with E-state index in [9.17, 15) is 29.0 Å². The number of nitrogens with zero attached hydrogens (tertiary/aromatic N) is 1. The molecule has 1 saturated heterocycles. The first-order valence-corrected chi connectivity index (χ1v) is 7.17. The normalized spacial score (nSPS) is 32.3. The Bertz CT molecular complexity index is 302. The van der Waals surface area contributed by atoms with Crippen LogP contribution in [0.3, 0.4) is 0 Å². The van der Waals surface area contributed by atoms with Crippen molar-refractivity contribution in [3.63, 3.8) is 0 Å². The van der Waals surface area contributed by atoms with Crippen LogP contribution >= 0.6 is 11.2 Å². The molecule has 11 heteroatoms. The minimum absolute atomic E-state index is 0.0638. The summed E-state index contributed by atoms with van der Waals surface area (Å²) in [6.07, 6.45) is -5.57. The number of rotatable bonds is 7. The second kappa shape index (κ2) is 7.29. The van der Waals surface area contributed by atoms with Gasteiger partial charge in [-0.3, -0.25) is 4.90 Å². The molecule has 0 aromatic rings. The summed E-state index contributed by atoms with van der Waals surface area (Å²) in [4.78, 5) is 1.31. The van der Waals surface area contributed by atoms with Crippen molar-refractivity contribution in [2.24, 2.45) is 0 Å². The van der Waals surface area contributed by atoms with E-state index in [-0.39, 0.29) is 13.1 Å². The average Bonchev–Trinajstić information content (AvgIpc) is 2.60. The van der Waals surface area contributed by atoms with Crippen LogP contribution in [0.1, 0.15) is 0 Å². The van der Waals surface area contributed by atoms with Crippen molar-refractivity contribution in [2.75, 3.05) is 26.3 Å². The van der Waals surface area contributed by atoms with E-state index in [4.69, 9.17) is 10.2 Å². The van der Waals surface area contributed by atoms with Crippen LogP contribution in [0.5, 0.6) is 0 Å². The highest BCUT2D eigenvalue weighted by Crippen LogP contribution is 2.35. The first-order chi connectivity index (χ1) is 9.19. The van der Waals surface area contributed by atoms with E-state index < -0.39 is 54.8 Å². The summed E-state index contributed by atoms with van der Waals surface area (Å²) in [7, 11) is 0. The Morgan fingerprint density at radius 2 is 1.85 bits per heavy atom. The lowest BCUT2D eigenvalue weighted by Crippen LogP contribution is -2.47. The van der Waals surface area contributed by atoms with E-state index in [1.54, 1.807) is 0 Å². The van der Waals surface area contributed by atoms with Crippen LogP contribution in [0.2, 0.25) is 0 Å². The van der Waals surface area contributed by atoms with Crippen molar-refractivity contribution in [1.82, 2.24) is 4.90 Å². The highest BCUT2D eigenvalue weighted by atomic mass is 32.3. The molecule has 0 aliphatic carbocycles. The highest BCUT2D eigenvalue weighted by molar-refractivity contribution is 8.14. The van der Waals surface area contributed by atoms with Gasteiger partial charge in [0, 0.05) is 13.1 Å². The average molecular weight is 316 g/mol. The zero-order valence-corrected chi connectivity index (χ0v) is 11.3. The van der Waals surface area contributed by atoms with Crippen LogP contribution in [0.25, 0.3) is 0 Å². The quantitative estimate of drug-likeness (QED) is 0.312. The molecule has 10 nitrogen and oxygen atoms in total. The van der Waals surface area contributed by atoms with Gasteiger partial charge in [0.05, 0.1) is 37.6 Å². The van der Waals surface area contributed by atoms with E-state index in [1.165, 1.54) is 4.90 Å². The van der Waals surface area contributed by atoms with Crippen molar-refractivity contribution >= 4 is 11.2 Å². The molecule has 0 bridgehead atoms. The van der Waals surface area contributed by atoms with Gasteiger partial charge in [0.15, 0.2) is 0 Å². The third kappa shape index (κ3) is 4.75. The summed E-state index contributed by atoms with van der Waals surface area (Å²) in [6.45, 7) is -1.77. The first-order valence-electron chi connectivity index (χ1n) is 5.83. The van der Waals surface area contributed by atoms with Crippen molar-refractivity contribution in [3.05, 3.63) is 0 Å². The molecule has 1 rings (SSSR count). The lowest BCUT2D eigenvalue weighted by Gasteiger charge is -2.63. The van der Waals surface area contributed by atoms with Gasteiger partial charge in [0.2, 0.25) is 0 Å². The molecule has 0 spiro atoms. The molecule has 0 amide bonds. The highest BCUT2D eigenvalue weighted by Gasteiger charge is 2.40. The molecule has 0 radical (unpaired) electrons. The lowest BCUT2D eigenvalue weighted by molar-refractivity contribution is -0.0370. The van der Waals surface area contributed by atoms with Gasteiger partial charge in [-0.2, -0.15) is 0 Å². The molecule has 1 fully saturated rings. The molecule has 1 aliphatic rings. The number of aliphatic hydroxyl groups excluding tert-OH is 5. The van der Waals surface area contributed by atoms with Gasteiger partial charge < -0.3 is 54.5 Å². The van der Waals surface area contributed by atoms with Gasteiger partial charge in [-0.1, -0.05) is 0 Å². The van der Waals surface area contributed by atoms with E-state index in [0.29, 0.717) is 0 Å². The van der Waals surface area contributed by atoms with Crippen LogP contribution < -0.4 is 0 Å². The van der Waals surface area contributed by atoms with Crippen LogP contribution in [0.15, 0.2) is 0 Å². The maximum atomic E-state index is 10.4. The fourth-order valence-corrected chi connectivity index (χ4v) is 2.61. The smallest absolute Gasteiger partial charge is 0.116 e. The van der Waals surface area contributed by atoms with Gasteiger partial charge in [-0.25, -0.2) is 0 Å². The predicted molar refractivity (Wildman–Crippen MR) is 62.3 cm³/mol. The van der Waals surface area contributed by atoms with Gasteiger partial charge >= 0.3 is 0 Å². The first kappa shape index (κ1) is 18.0. The number of β-amino-alcohol motifs (C(OH)–C–C–N with tert-alkyl or cyclic N) is 2. The van der Waals surface area contributed by atoms with E-state index in [1.807, 2.05) is 0 Å². The Morgan fingerprint density at radius 1 is 1.25 bits per heavy atom. The largest absolute Gasteiger partial charge is 0.815 e. The number of aliphatic hydroxyl groups is 5. The molecule has 5 N–H and O–H groups in total. The summed E-state index contributed by atoms with van der Waals surface area (Å²) < 4.78 is 35.3. The fourth-order valence-electron chi connectivity index (χ4n) is 2.11. The number of likely N-dealkylation sites (tertiary alicyclic amines) is 1. The van der Waals surface area contributed by atoms with Crippen LogP contribution in [0, 0.1) is 0 Å². The van der Waals surface area contributed by atoms with Crippen LogP contribution in [0.4, 0.5) is 0 Å². The van der Waals surface area contributed by atoms with Crippen molar-refractivity contribution in [2.45, 2.75) is 30.5 Å². The molecule has 20 heavy (non-hydrogen) atoms. The van der Waals surface area contributed by atoms with Crippen LogP contribution in [-0.4, -0.2) is 101 Å². The molecule has 1 aliphatic heterocycles. The zero-order valence-electron chi connectivity index (χ0n) is 10.4. The standard InChI is InChI=1S/C9H21NO9S/c11-3-5-9(15)7(14)2-10(5)1-6(13)8(4-12)19-20(16,17)18/h5-9,11-18H,1-4H2/p-3/t5-,6+,7-,8+,9-/m1/s1. The van der Waals surface area contributed by atoms with Gasteiger partial charge in [0.25, 0.3) is 0 Å². The SMILES string of the molecule is [O-]S([O-])([O-])O[C@@H](CO)[C@@H](O)CN1C[C@@H](O)[C@H](O)[C@H]1CO. The van der Waals surface area contributed by atoms with Gasteiger partial charge in [-0.15, -0.1) is 0 Å². The number of hydrogen-bond donors (Lipinski definition) is 5. The zero-order chi connectivity index (χ0) is 15.5. The van der Waals surface area contributed by atoms with E-state index >= 15 is 0 Å². The van der Waals surface area contributed by atoms with Crippen molar-refractivity contribution in [3.8, 4) is 0 Å². The van der Waals surface area contributed by atoms with Crippen LogP contribution in [-0.2, 0) is 4.18 Å². The monoisotopic (exact) mass is 316 g/mol. The summed E-state index contributed by atoms with van der Waals surface area (Å²) in [5.41, 5.74) is 0. The topological polar surface area (TPSA) is 183 Å². The Labute approximate surface area is 117 Å². The van der Waals surface area contributed by atoms with Gasteiger partial charge in [-0.05, 0) is 0 Å². The van der Waals surface area contributed by atoms with Gasteiger partial charge in [0.1, 0.15) is 6.10 Å². The summed E-state index contributed by atoms with van der Waals surface area (Å²) >= 11 is -5.09. The van der Waals surface area contributed by atoms with Crippen molar-refractivity contribution in [1.29, 1.82) is 0 Å². The summed E-state index contributed by atoms with van der Waals surface area (Å²) in [5, 5.41) is 46.8. The molecule has 5 atom stereocenters. The predicted octanol–water partition coefficient (Wildman–Crippen LogP) is -3.77. The lowest BCUT2D eigenvalue weighted by atomic mass is 10.1. The third-order valence-corrected chi connectivity index (χ3v) is 3.62. The molecule has 0 aromatic carbocycles.